The fourth-order valence-corrected chi connectivity index (χ4v) is 3.74. The predicted octanol–water partition coefficient (Wildman–Crippen LogP) is 4.05. The van der Waals surface area contributed by atoms with Crippen molar-refractivity contribution in [3.63, 3.8) is 0 Å². The van der Waals surface area contributed by atoms with Gasteiger partial charge in [-0.25, -0.2) is 0 Å². The third-order valence-corrected chi connectivity index (χ3v) is 5.09. The molecule has 21 heavy (non-hydrogen) atoms. The van der Waals surface area contributed by atoms with Crippen molar-refractivity contribution in [2.75, 3.05) is 18.4 Å². The van der Waals surface area contributed by atoms with Crippen LogP contribution in [0.25, 0.3) is 0 Å². The minimum absolute atomic E-state index is 0.0814. The number of fused-ring (bicyclic) bond motifs is 1. The molecule has 0 radical (unpaired) electrons. The number of carbonyl (C=O) groups is 1. The normalized spacial score (nSPS) is 13.9. The standard InChI is InChI=1S/C15H14Cl2N2OS/c16-11-1-2-13(12(17)7-11)18-8-15(20)19-5-3-14-10(9-19)4-6-21-14/h1-2,4,6-7,18H,3,5,8-9H2. The second-order valence-electron chi connectivity index (χ2n) is 4.91. The number of nitrogens with one attached hydrogen (secondary N) is 1. The van der Waals surface area contributed by atoms with Crippen molar-refractivity contribution in [1.29, 1.82) is 0 Å². The lowest BCUT2D eigenvalue weighted by Crippen LogP contribution is -2.38. The van der Waals surface area contributed by atoms with Crippen LogP contribution in [0.5, 0.6) is 0 Å². The van der Waals surface area contributed by atoms with E-state index in [9.17, 15) is 4.79 Å². The van der Waals surface area contributed by atoms with E-state index in [-0.39, 0.29) is 12.5 Å². The molecule has 1 aromatic heterocycles. The summed E-state index contributed by atoms with van der Waals surface area (Å²) >= 11 is 13.7. The molecule has 1 aliphatic heterocycles. The van der Waals surface area contributed by atoms with Crippen LogP contribution in [0.2, 0.25) is 10.0 Å². The van der Waals surface area contributed by atoms with Crippen molar-refractivity contribution < 1.29 is 4.79 Å². The van der Waals surface area contributed by atoms with Crippen molar-refractivity contribution in [2.24, 2.45) is 0 Å². The van der Waals surface area contributed by atoms with Crippen LogP contribution in [0.15, 0.2) is 29.6 Å². The van der Waals surface area contributed by atoms with Gasteiger partial charge in [-0.3, -0.25) is 4.79 Å². The first-order valence-electron chi connectivity index (χ1n) is 6.65. The molecule has 1 amide bonds. The zero-order valence-electron chi connectivity index (χ0n) is 11.2. The van der Waals surface area contributed by atoms with Gasteiger partial charge >= 0.3 is 0 Å². The van der Waals surface area contributed by atoms with E-state index in [1.165, 1.54) is 10.4 Å². The van der Waals surface area contributed by atoms with Gasteiger partial charge in [0.05, 0.1) is 17.3 Å². The lowest BCUT2D eigenvalue weighted by molar-refractivity contribution is -0.130. The molecule has 0 spiro atoms. The number of hydrogen-bond donors (Lipinski definition) is 1. The topological polar surface area (TPSA) is 32.3 Å². The number of benzene rings is 1. The molecule has 0 aliphatic carbocycles. The Labute approximate surface area is 137 Å². The maximum Gasteiger partial charge on any atom is 0.242 e. The first-order valence-corrected chi connectivity index (χ1v) is 8.29. The molecule has 0 saturated heterocycles. The molecule has 0 saturated carbocycles. The molecule has 0 atom stereocenters. The Morgan fingerprint density at radius 2 is 2.19 bits per heavy atom. The van der Waals surface area contributed by atoms with Crippen LogP contribution in [0.4, 0.5) is 5.69 Å². The van der Waals surface area contributed by atoms with Gasteiger partial charge in [-0.1, -0.05) is 23.2 Å². The van der Waals surface area contributed by atoms with Gasteiger partial charge in [0.1, 0.15) is 0 Å². The molecule has 0 fully saturated rings. The molecule has 6 heteroatoms. The maximum atomic E-state index is 12.3. The zero-order chi connectivity index (χ0) is 14.8. The average Bonchev–Trinajstić information content (AvgIpc) is 2.93. The van der Waals surface area contributed by atoms with Gasteiger partial charge in [-0.15, -0.1) is 11.3 Å². The second-order valence-corrected chi connectivity index (χ2v) is 6.76. The summed E-state index contributed by atoms with van der Waals surface area (Å²) in [6, 6.07) is 7.29. The molecule has 1 aliphatic rings. The summed E-state index contributed by atoms with van der Waals surface area (Å²) in [4.78, 5) is 15.6. The number of carbonyl (C=O) groups excluding carboxylic acids is 1. The molecule has 1 N–H and O–H groups in total. The van der Waals surface area contributed by atoms with Crippen molar-refractivity contribution in [3.8, 4) is 0 Å². The van der Waals surface area contributed by atoms with Gasteiger partial charge in [0.25, 0.3) is 0 Å². The van der Waals surface area contributed by atoms with E-state index in [0.717, 1.165) is 18.7 Å². The molecule has 1 aromatic carbocycles. The Kier molecular flexibility index (Phi) is 4.38. The Bertz CT molecular complexity index is 671. The van der Waals surface area contributed by atoms with Crippen LogP contribution < -0.4 is 5.32 Å². The summed E-state index contributed by atoms with van der Waals surface area (Å²) in [5.41, 5.74) is 1.99. The van der Waals surface area contributed by atoms with Crippen molar-refractivity contribution in [3.05, 3.63) is 50.1 Å². The van der Waals surface area contributed by atoms with Crippen molar-refractivity contribution in [1.82, 2.24) is 4.90 Å². The first kappa shape index (κ1) is 14.7. The summed E-state index contributed by atoms with van der Waals surface area (Å²) in [5, 5.41) is 6.27. The number of amides is 1. The summed E-state index contributed by atoms with van der Waals surface area (Å²) < 4.78 is 0. The molecule has 0 bridgehead atoms. The fraction of sp³-hybridized carbons (Fsp3) is 0.267. The van der Waals surface area contributed by atoms with Crippen LogP contribution in [-0.2, 0) is 17.8 Å². The van der Waals surface area contributed by atoms with Crippen LogP contribution >= 0.6 is 34.5 Å². The quantitative estimate of drug-likeness (QED) is 0.913. The lowest BCUT2D eigenvalue weighted by atomic mass is 10.1. The van der Waals surface area contributed by atoms with Gasteiger partial charge in [0, 0.05) is 23.0 Å². The Morgan fingerprint density at radius 1 is 1.33 bits per heavy atom. The average molecular weight is 341 g/mol. The zero-order valence-corrected chi connectivity index (χ0v) is 13.6. The highest BCUT2D eigenvalue weighted by Crippen LogP contribution is 2.26. The fourth-order valence-electron chi connectivity index (χ4n) is 2.38. The van der Waals surface area contributed by atoms with E-state index in [1.54, 1.807) is 29.5 Å². The van der Waals surface area contributed by atoms with Gasteiger partial charge < -0.3 is 10.2 Å². The summed E-state index contributed by atoms with van der Waals surface area (Å²) in [6.07, 6.45) is 0.945. The monoisotopic (exact) mass is 340 g/mol. The Morgan fingerprint density at radius 3 is 3.00 bits per heavy atom. The van der Waals surface area contributed by atoms with Crippen LogP contribution in [0.3, 0.4) is 0 Å². The van der Waals surface area contributed by atoms with Gasteiger partial charge in [0.15, 0.2) is 0 Å². The lowest BCUT2D eigenvalue weighted by Gasteiger charge is -2.27. The van der Waals surface area contributed by atoms with Crippen LogP contribution in [0.1, 0.15) is 10.4 Å². The predicted molar refractivity (Wildman–Crippen MR) is 88.4 cm³/mol. The van der Waals surface area contributed by atoms with E-state index in [4.69, 9.17) is 23.2 Å². The number of thiophene rings is 1. The molecule has 0 unspecified atom stereocenters. The minimum Gasteiger partial charge on any atom is -0.375 e. The van der Waals surface area contributed by atoms with E-state index >= 15 is 0 Å². The smallest absolute Gasteiger partial charge is 0.242 e. The third-order valence-electron chi connectivity index (χ3n) is 3.52. The highest BCUT2D eigenvalue weighted by Gasteiger charge is 2.21. The SMILES string of the molecule is O=C(CNc1ccc(Cl)cc1Cl)N1CCc2sccc2C1. The number of rotatable bonds is 3. The number of nitrogens with zero attached hydrogens (tertiary/aromatic N) is 1. The van der Waals surface area contributed by atoms with Gasteiger partial charge in [-0.05, 0) is 41.6 Å². The summed E-state index contributed by atoms with van der Waals surface area (Å²) in [6.45, 7) is 1.72. The molecule has 110 valence electrons. The van der Waals surface area contributed by atoms with E-state index in [2.05, 4.69) is 16.8 Å². The molecule has 2 aromatic rings. The van der Waals surface area contributed by atoms with Crippen LogP contribution in [-0.4, -0.2) is 23.9 Å². The molecule has 3 nitrogen and oxygen atoms in total. The van der Waals surface area contributed by atoms with Crippen molar-refractivity contribution >= 4 is 46.1 Å². The minimum atomic E-state index is 0.0814. The second kappa shape index (κ2) is 6.26. The highest BCUT2D eigenvalue weighted by molar-refractivity contribution is 7.10. The van der Waals surface area contributed by atoms with E-state index in [0.29, 0.717) is 16.6 Å². The molecule has 2 heterocycles. The molecular weight excluding hydrogens is 327 g/mol. The Balaban J connectivity index is 1.60. The van der Waals surface area contributed by atoms with Gasteiger partial charge in [0.2, 0.25) is 5.91 Å². The Hall–Kier alpha value is -1.23. The maximum absolute atomic E-state index is 12.3. The summed E-state index contributed by atoms with van der Waals surface area (Å²) in [5.74, 6) is 0.0814. The molecular formula is C15H14Cl2N2OS. The largest absolute Gasteiger partial charge is 0.375 e. The van der Waals surface area contributed by atoms with Gasteiger partial charge in [-0.2, -0.15) is 0 Å². The number of anilines is 1. The highest BCUT2D eigenvalue weighted by atomic mass is 35.5. The van der Waals surface area contributed by atoms with E-state index < -0.39 is 0 Å². The van der Waals surface area contributed by atoms with Crippen molar-refractivity contribution in [2.45, 2.75) is 13.0 Å². The van der Waals surface area contributed by atoms with Crippen LogP contribution in [0, 0.1) is 0 Å². The summed E-state index contributed by atoms with van der Waals surface area (Å²) in [7, 11) is 0. The number of halogens is 2. The first-order chi connectivity index (χ1) is 10.1. The third kappa shape index (κ3) is 3.34. The number of hydrogen-bond acceptors (Lipinski definition) is 3. The molecule has 3 rings (SSSR count). The van der Waals surface area contributed by atoms with E-state index in [1.807, 2.05) is 4.90 Å².